The van der Waals surface area contributed by atoms with Crippen LogP contribution in [0.25, 0.3) is 0 Å². The van der Waals surface area contributed by atoms with E-state index in [4.69, 9.17) is 23.2 Å². The van der Waals surface area contributed by atoms with Crippen LogP contribution in [0, 0.1) is 0 Å². The van der Waals surface area contributed by atoms with Gasteiger partial charge in [-0.1, -0.05) is 53.5 Å². The molecule has 0 bridgehead atoms. The Morgan fingerprint density at radius 1 is 0.923 bits per heavy atom. The third-order valence-electron chi connectivity index (χ3n) is 3.68. The zero-order chi connectivity index (χ0) is 18.4. The summed E-state index contributed by atoms with van der Waals surface area (Å²) in [7, 11) is 0. The van der Waals surface area contributed by atoms with Crippen molar-refractivity contribution in [1.29, 1.82) is 0 Å². The maximum absolute atomic E-state index is 12.2. The molecule has 1 amide bonds. The van der Waals surface area contributed by atoms with Crippen LogP contribution in [-0.2, 0) is 13.1 Å². The van der Waals surface area contributed by atoms with Crippen molar-refractivity contribution in [3.63, 3.8) is 0 Å². The molecule has 0 saturated carbocycles. The number of nitrogens with zero attached hydrogens (tertiary/aromatic N) is 2. The third-order valence-corrected chi connectivity index (χ3v) is 4.30. The lowest BCUT2D eigenvalue weighted by Gasteiger charge is -2.08. The first kappa shape index (κ1) is 18.2. The van der Waals surface area contributed by atoms with E-state index in [9.17, 15) is 4.79 Å². The number of amides is 1. The van der Waals surface area contributed by atoms with Crippen LogP contribution < -0.4 is 10.6 Å². The van der Waals surface area contributed by atoms with Crippen molar-refractivity contribution in [1.82, 2.24) is 15.3 Å². The number of nitrogens with one attached hydrogen (secondary N) is 2. The van der Waals surface area contributed by atoms with Crippen molar-refractivity contribution in [2.24, 2.45) is 0 Å². The lowest BCUT2D eigenvalue weighted by molar-refractivity contribution is 0.0950. The van der Waals surface area contributed by atoms with E-state index < -0.39 is 0 Å². The molecule has 1 heterocycles. The van der Waals surface area contributed by atoms with Gasteiger partial charge in [0, 0.05) is 35.5 Å². The standard InChI is InChI=1S/C19H16Cl2N4O/c20-16-7-5-13(6-8-16)9-22-18(26)15-11-24-19(25-12-15)23-10-14-3-1-2-4-17(14)21/h1-8,11-12H,9-10H2,(H,22,26)(H,23,24,25). The fourth-order valence-corrected chi connectivity index (χ4v) is 2.57. The highest BCUT2D eigenvalue weighted by Gasteiger charge is 2.07. The van der Waals surface area contributed by atoms with Crippen molar-refractivity contribution in [3.05, 3.63) is 87.7 Å². The molecular weight excluding hydrogens is 371 g/mol. The molecule has 1 aromatic heterocycles. The fourth-order valence-electron chi connectivity index (χ4n) is 2.24. The second kappa shape index (κ2) is 8.65. The highest BCUT2D eigenvalue weighted by Crippen LogP contribution is 2.15. The normalized spacial score (nSPS) is 10.4. The minimum atomic E-state index is -0.238. The number of hydrogen-bond donors (Lipinski definition) is 2. The van der Waals surface area contributed by atoms with Gasteiger partial charge in [-0.25, -0.2) is 9.97 Å². The Morgan fingerprint density at radius 3 is 2.31 bits per heavy atom. The number of carbonyl (C=O) groups is 1. The van der Waals surface area contributed by atoms with Gasteiger partial charge in [-0.05, 0) is 29.3 Å². The zero-order valence-electron chi connectivity index (χ0n) is 13.7. The van der Waals surface area contributed by atoms with Gasteiger partial charge < -0.3 is 10.6 Å². The molecule has 3 aromatic rings. The molecule has 0 aliphatic rings. The predicted octanol–water partition coefficient (Wildman–Crippen LogP) is 4.33. The molecule has 0 aliphatic carbocycles. The molecule has 5 nitrogen and oxygen atoms in total. The lowest BCUT2D eigenvalue weighted by Crippen LogP contribution is -2.23. The van der Waals surface area contributed by atoms with Crippen LogP contribution >= 0.6 is 23.2 Å². The van der Waals surface area contributed by atoms with Gasteiger partial charge in [0.2, 0.25) is 5.95 Å². The Balaban J connectivity index is 1.54. The summed E-state index contributed by atoms with van der Waals surface area (Å²) >= 11 is 12.0. The van der Waals surface area contributed by atoms with Crippen LogP contribution in [0.4, 0.5) is 5.95 Å². The Kier molecular flexibility index (Phi) is 6.04. The lowest BCUT2D eigenvalue weighted by atomic mass is 10.2. The van der Waals surface area contributed by atoms with E-state index in [0.29, 0.717) is 34.6 Å². The first-order valence-corrected chi connectivity index (χ1v) is 8.69. The van der Waals surface area contributed by atoms with Gasteiger partial charge in [0.05, 0.1) is 5.56 Å². The Bertz CT molecular complexity index is 883. The van der Waals surface area contributed by atoms with Gasteiger partial charge in [-0.15, -0.1) is 0 Å². The maximum Gasteiger partial charge on any atom is 0.254 e. The van der Waals surface area contributed by atoms with Gasteiger partial charge in [0.1, 0.15) is 0 Å². The largest absolute Gasteiger partial charge is 0.350 e. The topological polar surface area (TPSA) is 66.9 Å². The number of halogens is 2. The average molecular weight is 387 g/mol. The maximum atomic E-state index is 12.2. The van der Waals surface area contributed by atoms with Crippen LogP contribution in [-0.4, -0.2) is 15.9 Å². The first-order chi connectivity index (χ1) is 12.6. The fraction of sp³-hybridized carbons (Fsp3) is 0.105. The molecule has 2 aromatic carbocycles. The van der Waals surface area contributed by atoms with E-state index in [-0.39, 0.29) is 5.91 Å². The number of anilines is 1. The number of carbonyl (C=O) groups excluding carboxylic acids is 1. The van der Waals surface area contributed by atoms with Crippen LogP contribution in [0.2, 0.25) is 10.0 Å². The molecule has 0 radical (unpaired) electrons. The molecule has 0 fully saturated rings. The van der Waals surface area contributed by atoms with E-state index in [1.165, 1.54) is 12.4 Å². The highest BCUT2D eigenvalue weighted by atomic mass is 35.5. The molecule has 0 saturated heterocycles. The van der Waals surface area contributed by atoms with Gasteiger partial charge in [0.25, 0.3) is 5.91 Å². The van der Waals surface area contributed by atoms with E-state index in [2.05, 4.69) is 20.6 Å². The van der Waals surface area contributed by atoms with E-state index in [0.717, 1.165) is 11.1 Å². The molecule has 132 valence electrons. The monoisotopic (exact) mass is 386 g/mol. The van der Waals surface area contributed by atoms with Crippen molar-refractivity contribution < 1.29 is 4.79 Å². The van der Waals surface area contributed by atoms with E-state index in [1.807, 2.05) is 36.4 Å². The van der Waals surface area contributed by atoms with Gasteiger partial charge >= 0.3 is 0 Å². The van der Waals surface area contributed by atoms with Crippen molar-refractivity contribution >= 4 is 35.1 Å². The Hall–Kier alpha value is -2.63. The van der Waals surface area contributed by atoms with Crippen LogP contribution in [0.3, 0.4) is 0 Å². The average Bonchev–Trinajstić information content (AvgIpc) is 2.67. The second-order valence-electron chi connectivity index (χ2n) is 5.55. The molecule has 2 N–H and O–H groups in total. The number of hydrogen-bond acceptors (Lipinski definition) is 4. The number of rotatable bonds is 6. The van der Waals surface area contributed by atoms with E-state index >= 15 is 0 Å². The van der Waals surface area contributed by atoms with Crippen LogP contribution in [0.15, 0.2) is 60.9 Å². The summed E-state index contributed by atoms with van der Waals surface area (Å²) in [6.45, 7) is 0.907. The van der Waals surface area contributed by atoms with Gasteiger partial charge in [-0.3, -0.25) is 4.79 Å². The zero-order valence-corrected chi connectivity index (χ0v) is 15.3. The smallest absolute Gasteiger partial charge is 0.254 e. The molecule has 0 atom stereocenters. The second-order valence-corrected chi connectivity index (χ2v) is 6.39. The molecular formula is C19H16Cl2N4O. The van der Waals surface area contributed by atoms with Crippen molar-refractivity contribution in [2.75, 3.05) is 5.32 Å². The van der Waals surface area contributed by atoms with Gasteiger partial charge in [0.15, 0.2) is 0 Å². The quantitative estimate of drug-likeness (QED) is 0.661. The molecule has 7 heteroatoms. The van der Waals surface area contributed by atoms with Crippen LogP contribution in [0.5, 0.6) is 0 Å². The van der Waals surface area contributed by atoms with Crippen LogP contribution in [0.1, 0.15) is 21.5 Å². The van der Waals surface area contributed by atoms with Crippen molar-refractivity contribution in [3.8, 4) is 0 Å². The molecule has 3 rings (SSSR count). The summed E-state index contributed by atoms with van der Waals surface area (Å²) in [6, 6.07) is 14.8. The minimum absolute atomic E-state index is 0.238. The molecule has 0 aliphatic heterocycles. The summed E-state index contributed by atoms with van der Waals surface area (Å²) in [5, 5.41) is 7.24. The van der Waals surface area contributed by atoms with E-state index in [1.54, 1.807) is 12.1 Å². The summed E-state index contributed by atoms with van der Waals surface area (Å²) < 4.78 is 0. The third kappa shape index (κ3) is 4.94. The first-order valence-electron chi connectivity index (χ1n) is 7.94. The van der Waals surface area contributed by atoms with Gasteiger partial charge in [-0.2, -0.15) is 0 Å². The molecule has 0 unspecified atom stereocenters. The summed E-state index contributed by atoms with van der Waals surface area (Å²) in [4.78, 5) is 20.5. The molecule has 26 heavy (non-hydrogen) atoms. The predicted molar refractivity (Wildman–Crippen MR) is 103 cm³/mol. The number of aromatic nitrogens is 2. The summed E-state index contributed by atoms with van der Waals surface area (Å²) in [6.07, 6.45) is 2.97. The van der Waals surface area contributed by atoms with Crippen molar-refractivity contribution in [2.45, 2.75) is 13.1 Å². The SMILES string of the molecule is O=C(NCc1ccc(Cl)cc1)c1cnc(NCc2ccccc2Cl)nc1. The summed E-state index contributed by atoms with van der Waals surface area (Å²) in [5.74, 6) is 0.191. The Labute approximate surface area is 161 Å². The highest BCUT2D eigenvalue weighted by molar-refractivity contribution is 6.31. The minimum Gasteiger partial charge on any atom is -0.350 e. The molecule has 0 spiro atoms. The number of benzene rings is 2. The Morgan fingerprint density at radius 2 is 1.62 bits per heavy atom. The summed E-state index contributed by atoms with van der Waals surface area (Å²) in [5.41, 5.74) is 2.30.